The fraction of sp³-hybridized carbons (Fsp3) is 0.111. The van der Waals surface area contributed by atoms with E-state index in [2.05, 4.69) is 5.16 Å². The van der Waals surface area contributed by atoms with E-state index in [1.807, 2.05) is 0 Å². The lowest BCUT2D eigenvalue weighted by atomic mass is 10.1. The van der Waals surface area contributed by atoms with Crippen LogP contribution in [0.3, 0.4) is 0 Å². The Hall–Kier alpha value is -1.35. The molecule has 0 heterocycles. The highest BCUT2D eigenvalue weighted by atomic mass is 35.5. The summed E-state index contributed by atoms with van der Waals surface area (Å²) >= 11 is 5.72. The van der Waals surface area contributed by atoms with E-state index < -0.39 is 0 Å². The number of halogens is 1. The number of fused-ring (bicyclic) bond motifs is 1. The smallest absolute Gasteiger partial charge is 0.211 e. The average Bonchev–Trinajstić information content (AvgIpc) is 2.44. The van der Waals surface area contributed by atoms with E-state index >= 15 is 0 Å². The molecule has 1 aliphatic rings. The molecule has 4 heteroatoms. The van der Waals surface area contributed by atoms with Crippen molar-refractivity contribution in [2.24, 2.45) is 5.16 Å². The van der Waals surface area contributed by atoms with Gasteiger partial charge in [0.1, 0.15) is 5.71 Å². The van der Waals surface area contributed by atoms with Gasteiger partial charge in [-0.25, -0.2) is 0 Å². The van der Waals surface area contributed by atoms with Gasteiger partial charge in [0.05, 0.1) is 0 Å². The summed E-state index contributed by atoms with van der Waals surface area (Å²) in [5.74, 6) is -0.236. The molecule has 1 aromatic carbocycles. The highest BCUT2D eigenvalue weighted by Gasteiger charge is 2.26. The van der Waals surface area contributed by atoms with Crippen molar-refractivity contribution in [3.05, 3.63) is 34.3 Å². The molecule has 0 radical (unpaired) electrons. The Bertz CT molecular complexity index is 412. The van der Waals surface area contributed by atoms with Crippen molar-refractivity contribution in [3.8, 4) is 0 Å². The summed E-state index contributed by atoms with van der Waals surface area (Å²) in [6, 6.07) is 5.08. The maximum Gasteiger partial charge on any atom is 0.211 e. The molecule has 66 valence electrons. The summed E-state index contributed by atoms with van der Waals surface area (Å²) in [6.07, 6.45) is 0.391. The molecule has 0 unspecified atom stereocenters. The fourth-order valence-corrected chi connectivity index (χ4v) is 1.58. The minimum atomic E-state index is -0.236. The zero-order valence-electron chi connectivity index (χ0n) is 6.62. The first-order valence-electron chi connectivity index (χ1n) is 3.76. The number of Topliss-reactive ketones (excluding diaryl/α,β-unsaturated/α-hetero) is 1. The van der Waals surface area contributed by atoms with Gasteiger partial charge in [0.25, 0.3) is 0 Å². The number of nitrogens with zero attached hydrogens (tertiary/aromatic N) is 1. The number of hydrogen-bond acceptors (Lipinski definition) is 3. The number of carbonyl (C=O) groups excluding carboxylic acids is 1. The van der Waals surface area contributed by atoms with Crippen molar-refractivity contribution in [1.29, 1.82) is 0 Å². The third kappa shape index (κ3) is 1.21. The monoisotopic (exact) mass is 195 g/mol. The van der Waals surface area contributed by atoms with E-state index in [1.54, 1.807) is 18.2 Å². The second-order valence-corrected chi connectivity index (χ2v) is 3.29. The predicted molar refractivity (Wildman–Crippen MR) is 48.7 cm³/mol. The molecule has 3 nitrogen and oxygen atoms in total. The highest BCUT2D eigenvalue weighted by molar-refractivity contribution is 6.49. The first kappa shape index (κ1) is 8.26. The fourth-order valence-electron chi connectivity index (χ4n) is 1.41. The first-order valence-corrected chi connectivity index (χ1v) is 4.14. The standard InChI is InChI=1S/C9H6ClNO2/c10-6-2-1-5-3-8(11-13)9(12)7(5)4-6/h1-2,4,13H,3H2. The topological polar surface area (TPSA) is 49.7 Å². The molecule has 0 spiro atoms. The minimum absolute atomic E-state index is 0.178. The Morgan fingerprint density at radius 3 is 2.92 bits per heavy atom. The summed E-state index contributed by atoms with van der Waals surface area (Å²) < 4.78 is 0. The van der Waals surface area contributed by atoms with Crippen LogP contribution in [0.1, 0.15) is 15.9 Å². The Balaban J connectivity index is 2.57. The number of oxime groups is 1. The quantitative estimate of drug-likeness (QED) is 0.508. The van der Waals surface area contributed by atoms with Crippen LogP contribution in [0.15, 0.2) is 23.4 Å². The lowest BCUT2D eigenvalue weighted by Gasteiger charge is -1.94. The van der Waals surface area contributed by atoms with Crippen LogP contribution in [0.5, 0.6) is 0 Å². The largest absolute Gasteiger partial charge is 0.411 e. The number of hydrogen-bond donors (Lipinski definition) is 1. The van der Waals surface area contributed by atoms with Gasteiger partial charge in [-0.05, 0) is 17.7 Å². The SMILES string of the molecule is O=C1C(=NO)Cc2ccc(Cl)cc21. The van der Waals surface area contributed by atoms with Gasteiger partial charge in [-0.1, -0.05) is 22.8 Å². The van der Waals surface area contributed by atoms with Crippen LogP contribution >= 0.6 is 11.6 Å². The number of benzene rings is 1. The molecule has 0 aromatic heterocycles. The summed E-state index contributed by atoms with van der Waals surface area (Å²) in [6.45, 7) is 0. The van der Waals surface area contributed by atoms with Crippen LogP contribution in [-0.4, -0.2) is 16.7 Å². The van der Waals surface area contributed by atoms with Crippen molar-refractivity contribution in [1.82, 2.24) is 0 Å². The van der Waals surface area contributed by atoms with Crippen LogP contribution in [0.4, 0.5) is 0 Å². The molecule has 1 aliphatic carbocycles. The maximum atomic E-state index is 11.4. The predicted octanol–water partition coefficient (Wildman–Crippen LogP) is 1.91. The van der Waals surface area contributed by atoms with Crippen LogP contribution in [0, 0.1) is 0 Å². The third-order valence-corrected chi connectivity index (χ3v) is 2.29. The lowest BCUT2D eigenvalue weighted by Crippen LogP contribution is -2.06. The molecular formula is C9H6ClNO2. The molecule has 0 atom stereocenters. The van der Waals surface area contributed by atoms with Crippen molar-refractivity contribution in [2.45, 2.75) is 6.42 Å². The minimum Gasteiger partial charge on any atom is -0.411 e. The molecule has 0 amide bonds. The summed E-state index contributed by atoms with van der Waals surface area (Å²) in [7, 11) is 0. The van der Waals surface area contributed by atoms with Crippen LogP contribution in [-0.2, 0) is 6.42 Å². The van der Waals surface area contributed by atoms with E-state index in [-0.39, 0.29) is 11.5 Å². The molecular weight excluding hydrogens is 190 g/mol. The molecule has 0 saturated carbocycles. The summed E-state index contributed by atoms with van der Waals surface area (Å²) in [5.41, 5.74) is 1.58. The maximum absolute atomic E-state index is 11.4. The summed E-state index contributed by atoms with van der Waals surface area (Å²) in [5, 5.41) is 12.0. The van der Waals surface area contributed by atoms with E-state index in [4.69, 9.17) is 16.8 Å². The lowest BCUT2D eigenvalue weighted by molar-refractivity contribution is 0.106. The molecule has 0 aliphatic heterocycles. The number of ketones is 1. The zero-order chi connectivity index (χ0) is 9.42. The Morgan fingerprint density at radius 1 is 1.46 bits per heavy atom. The molecule has 13 heavy (non-hydrogen) atoms. The van der Waals surface area contributed by atoms with Crippen LogP contribution in [0.25, 0.3) is 0 Å². The summed E-state index contributed by atoms with van der Waals surface area (Å²) in [4.78, 5) is 11.4. The molecule has 0 bridgehead atoms. The second kappa shape index (κ2) is 2.85. The van der Waals surface area contributed by atoms with Gasteiger partial charge in [-0.2, -0.15) is 0 Å². The molecule has 1 N–H and O–H groups in total. The first-order chi connectivity index (χ1) is 6.22. The second-order valence-electron chi connectivity index (χ2n) is 2.85. The van der Waals surface area contributed by atoms with Crippen LogP contribution in [0.2, 0.25) is 5.02 Å². The Morgan fingerprint density at radius 2 is 2.23 bits per heavy atom. The molecule has 0 saturated heterocycles. The molecule has 2 rings (SSSR count). The van der Waals surface area contributed by atoms with Crippen molar-refractivity contribution < 1.29 is 10.0 Å². The van der Waals surface area contributed by atoms with Crippen LogP contribution < -0.4 is 0 Å². The van der Waals surface area contributed by atoms with E-state index in [0.29, 0.717) is 17.0 Å². The zero-order valence-corrected chi connectivity index (χ0v) is 7.38. The average molecular weight is 196 g/mol. The van der Waals surface area contributed by atoms with Crippen molar-refractivity contribution in [3.63, 3.8) is 0 Å². The van der Waals surface area contributed by atoms with Crippen molar-refractivity contribution in [2.75, 3.05) is 0 Å². The normalized spacial score (nSPS) is 17.9. The molecule has 0 fully saturated rings. The van der Waals surface area contributed by atoms with E-state index in [0.717, 1.165) is 5.56 Å². The van der Waals surface area contributed by atoms with Gasteiger partial charge in [-0.3, -0.25) is 4.79 Å². The van der Waals surface area contributed by atoms with Gasteiger partial charge < -0.3 is 5.21 Å². The Kier molecular flexibility index (Phi) is 1.81. The Labute approximate surface area is 79.6 Å². The van der Waals surface area contributed by atoms with E-state index in [1.165, 1.54) is 0 Å². The van der Waals surface area contributed by atoms with Gasteiger partial charge in [0.2, 0.25) is 5.78 Å². The van der Waals surface area contributed by atoms with Gasteiger partial charge in [0.15, 0.2) is 0 Å². The van der Waals surface area contributed by atoms with E-state index in [9.17, 15) is 4.79 Å². The number of rotatable bonds is 0. The van der Waals surface area contributed by atoms with Gasteiger partial charge >= 0.3 is 0 Å². The molecule has 1 aromatic rings. The van der Waals surface area contributed by atoms with Crippen molar-refractivity contribution >= 4 is 23.1 Å². The van der Waals surface area contributed by atoms with Gasteiger partial charge in [-0.15, -0.1) is 0 Å². The van der Waals surface area contributed by atoms with Gasteiger partial charge in [0, 0.05) is 17.0 Å². The highest BCUT2D eigenvalue weighted by Crippen LogP contribution is 2.23. The third-order valence-electron chi connectivity index (χ3n) is 2.06. The number of carbonyl (C=O) groups is 1.